The summed E-state index contributed by atoms with van der Waals surface area (Å²) in [6.07, 6.45) is 3.50. The average Bonchev–Trinajstić information content (AvgIpc) is 2.69. The van der Waals surface area contributed by atoms with Gasteiger partial charge < -0.3 is 4.74 Å². The Morgan fingerprint density at radius 1 is 0.808 bits per heavy atom. The summed E-state index contributed by atoms with van der Waals surface area (Å²) in [6, 6.07) is 24.7. The zero-order valence-corrected chi connectivity index (χ0v) is 14.7. The molecule has 2 saturated carbocycles. The van der Waals surface area contributed by atoms with Crippen molar-refractivity contribution in [1.29, 1.82) is 0 Å². The second-order valence-corrected chi connectivity index (χ2v) is 7.65. The largest absolute Gasteiger partial charge is 0.426 e. The van der Waals surface area contributed by atoms with Crippen LogP contribution in [0.1, 0.15) is 30.7 Å². The molecule has 0 saturated heterocycles. The maximum Gasteiger partial charge on any atom is 0.314 e. The lowest BCUT2D eigenvalue weighted by molar-refractivity contribution is -0.156. The Balaban J connectivity index is 1.36. The van der Waals surface area contributed by atoms with E-state index in [-0.39, 0.29) is 11.9 Å². The highest BCUT2D eigenvalue weighted by Gasteiger charge is 2.56. The molecule has 0 unspecified atom stereocenters. The van der Waals surface area contributed by atoms with E-state index in [9.17, 15) is 4.79 Å². The SMILES string of the molecule is O=C(Oc1ccc2ccccc2c1)C1[C@@H]2CCC[C@@H]1C2c1ccccc1. The summed E-state index contributed by atoms with van der Waals surface area (Å²) in [6.45, 7) is 0. The molecule has 0 N–H and O–H groups in total. The highest BCUT2D eigenvalue weighted by molar-refractivity contribution is 5.85. The van der Waals surface area contributed by atoms with Crippen LogP contribution >= 0.6 is 0 Å². The Bertz CT molecular complexity index is 935. The molecule has 0 spiro atoms. The van der Waals surface area contributed by atoms with Crippen molar-refractivity contribution in [3.05, 3.63) is 78.4 Å². The summed E-state index contributed by atoms with van der Waals surface area (Å²) in [7, 11) is 0. The monoisotopic (exact) mass is 342 g/mol. The molecular weight excluding hydrogens is 320 g/mol. The normalized spacial score (nSPS) is 26.9. The van der Waals surface area contributed by atoms with Crippen LogP contribution < -0.4 is 4.74 Å². The van der Waals surface area contributed by atoms with Gasteiger partial charge in [-0.05, 0) is 59.1 Å². The predicted molar refractivity (Wildman–Crippen MR) is 103 cm³/mol. The van der Waals surface area contributed by atoms with E-state index in [1.807, 2.05) is 30.3 Å². The van der Waals surface area contributed by atoms with Gasteiger partial charge in [-0.15, -0.1) is 0 Å². The van der Waals surface area contributed by atoms with Gasteiger partial charge in [-0.1, -0.05) is 67.1 Å². The number of ether oxygens (including phenoxy) is 1. The molecule has 3 aromatic rings. The third-order valence-corrected chi connectivity index (χ3v) is 6.32. The van der Waals surface area contributed by atoms with Gasteiger partial charge in [0.1, 0.15) is 5.75 Å². The molecule has 26 heavy (non-hydrogen) atoms. The van der Waals surface area contributed by atoms with Crippen molar-refractivity contribution in [2.45, 2.75) is 25.2 Å². The van der Waals surface area contributed by atoms with Crippen LogP contribution in [0.2, 0.25) is 0 Å². The second-order valence-electron chi connectivity index (χ2n) is 7.65. The van der Waals surface area contributed by atoms with Gasteiger partial charge in [0.2, 0.25) is 0 Å². The Kier molecular flexibility index (Phi) is 3.77. The average molecular weight is 342 g/mol. The van der Waals surface area contributed by atoms with Gasteiger partial charge >= 0.3 is 5.97 Å². The van der Waals surface area contributed by atoms with Crippen molar-refractivity contribution in [2.75, 3.05) is 0 Å². The molecule has 2 bridgehead atoms. The molecule has 0 radical (unpaired) electrons. The highest BCUT2D eigenvalue weighted by atomic mass is 16.5. The molecule has 0 aliphatic heterocycles. The Hall–Kier alpha value is -2.61. The Morgan fingerprint density at radius 3 is 2.27 bits per heavy atom. The van der Waals surface area contributed by atoms with Crippen LogP contribution in [-0.4, -0.2) is 5.97 Å². The number of benzene rings is 3. The van der Waals surface area contributed by atoms with Gasteiger partial charge in [0.15, 0.2) is 0 Å². The molecule has 2 heteroatoms. The molecule has 3 aromatic carbocycles. The van der Waals surface area contributed by atoms with Crippen LogP contribution in [-0.2, 0) is 4.79 Å². The fraction of sp³-hybridized carbons (Fsp3) is 0.292. The van der Waals surface area contributed by atoms with Gasteiger partial charge in [0.25, 0.3) is 0 Å². The number of carbonyl (C=O) groups excluding carboxylic acids is 1. The molecule has 2 aliphatic rings. The summed E-state index contributed by atoms with van der Waals surface area (Å²) < 4.78 is 5.81. The third-order valence-electron chi connectivity index (χ3n) is 6.32. The van der Waals surface area contributed by atoms with Gasteiger partial charge in [-0.2, -0.15) is 0 Å². The van der Waals surface area contributed by atoms with Crippen LogP contribution in [0.4, 0.5) is 0 Å². The fourth-order valence-corrected chi connectivity index (χ4v) is 5.18. The molecule has 2 aliphatic carbocycles. The lowest BCUT2D eigenvalue weighted by Crippen LogP contribution is -2.53. The molecule has 2 fully saturated rings. The molecule has 2 nitrogen and oxygen atoms in total. The van der Waals surface area contributed by atoms with Gasteiger partial charge in [-0.3, -0.25) is 4.79 Å². The maximum atomic E-state index is 12.9. The van der Waals surface area contributed by atoms with Crippen molar-refractivity contribution in [3.63, 3.8) is 0 Å². The van der Waals surface area contributed by atoms with E-state index in [0.29, 0.717) is 23.5 Å². The molecule has 2 atom stereocenters. The van der Waals surface area contributed by atoms with Crippen LogP contribution in [0.3, 0.4) is 0 Å². The number of hydrogen-bond acceptors (Lipinski definition) is 2. The minimum absolute atomic E-state index is 0.0397. The Morgan fingerprint density at radius 2 is 1.50 bits per heavy atom. The molecule has 0 amide bonds. The maximum absolute atomic E-state index is 12.9. The predicted octanol–water partition coefficient (Wildman–Crippen LogP) is 5.58. The number of hydrogen-bond donors (Lipinski definition) is 0. The molecule has 0 aromatic heterocycles. The Labute approximate surface area is 153 Å². The summed E-state index contributed by atoms with van der Waals surface area (Å²) in [4.78, 5) is 12.9. The van der Waals surface area contributed by atoms with E-state index in [1.165, 1.54) is 12.0 Å². The summed E-state index contributed by atoms with van der Waals surface area (Å²) in [5.41, 5.74) is 1.39. The first-order chi connectivity index (χ1) is 12.8. The van der Waals surface area contributed by atoms with Gasteiger partial charge in [0.05, 0.1) is 5.92 Å². The van der Waals surface area contributed by atoms with Crippen LogP contribution in [0, 0.1) is 17.8 Å². The molecule has 0 heterocycles. The van der Waals surface area contributed by atoms with Crippen molar-refractivity contribution in [1.82, 2.24) is 0 Å². The third kappa shape index (κ3) is 2.52. The van der Waals surface area contributed by atoms with Crippen molar-refractivity contribution in [3.8, 4) is 5.75 Å². The lowest BCUT2D eigenvalue weighted by atomic mass is 9.48. The minimum Gasteiger partial charge on any atom is -0.426 e. The van der Waals surface area contributed by atoms with E-state index in [0.717, 1.165) is 23.6 Å². The first-order valence-electron chi connectivity index (χ1n) is 9.57. The zero-order chi connectivity index (χ0) is 17.5. The topological polar surface area (TPSA) is 26.3 Å². The van der Waals surface area contributed by atoms with Crippen LogP contribution in [0.5, 0.6) is 5.75 Å². The number of carbonyl (C=O) groups is 1. The summed E-state index contributed by atoms with van der Waals surface area (Å²) in [5, 5.41) is 2.27. The summed E-state index contributed by atoms with van der Waals surface area (Å²) in [5.74, 6) is 2.07. The standard InChI is InChI=1S/C24H22O2/c25-24(26-19-14-13-16-7-4-5-10-18(16)15-19)23-20-11-6-12-21(23)22(20)17-8-2-1-3-9-17/h1-5,7-10,13-15,20-23H,6,11-12H2/t20-,21-,22?,23?/m1/s1. The zero-order valence-electron chi connectivity index (χ0n) is 14.7. The molecule has 5 rings (SSSR count). The highest BCUT2D eigenvalue weighted by Crippen LogP contribution is 2.60. The number of esters is 1. The van der Waals surface area contributed by atoms with E-state index in [2.05, 4.69) is 42.5 Å². The van der Waals surface area contributed by atoms with E-state index >= 15 is 0 Å². The first-order valence-corrected chi connectivity index (χ1v) is 9.57. The quantitative estimate of drug-likeness (QED) is 0.459. The van der Waals surface area contributed by atoms with Crippen LogP contribution in [0.15, 0.2) is 72.8 Å². The van der Waals surface area contributed by atoms with Crippen molar-refractivity contribution < 1.29 is 9.53 Å². The number of rotatable bonds is 3. The summed E-state index contributed by atoms with van der Waals surface area (Å²) >= 11 is 0. The van der Waals surface area contributed by atoms with Crippen molar-refractivity contribution in [2.24, 2.45) is 17.8 Å². The minimum atomic E-state index is -0.0397. The number of fused-ring (bicyclic) bond motifs is 3. The van der Waals surface area contributed by atoms with Crippen LogP contribution in [0.25, 0.3) is 10.8 Å². The fourth-order valence-electron chi connectivity index (χ4n) is 5.18. The van der Waals surface area contributed by atoms with E-state index < -0.39 is 0 Å². The molecule has 130 valence electrons. The smallest absolute Gasteiger partial charge is 0.314 e. The van der Waals surface area contributed by atoms with E-state index in [4.69, 9.17) is 4.74 Å². The lowest BCUT2D eigenvalue weighted by Gasteiger charge is -2.55. The van der Waals surface area contributed by atoms with E-state index in [1.54, 1.807) is 0 Å². The van der Waals surface area contributed by atoms with Crippen molar-refractivity contribution >= 4 is 16.7 Å². The van der Waals surface area contributed by atoms with Gasteiger partial charge in [0, 0.05) is 0 Å². The second kappa shape index (κ2) is 6.28. The molecular formula is C24H22O2. The van der Waals surface area contributed by atoms with Gasteiger partial charge in [-0.25, -0.2) is 0 Å². The first kappa shape index (κ1) is 15.6.